The molecular formula is C43H32N4O. The fourth-order valence-electron chi connectivity index (χ4n) is 6.80. The van der Waals surface area contributed by atoms with Crippen molar-refractivity contribution in [2.24, 2.45) is 15.0 Å². The number of benzene rings is 7. The minimum Gasteiger partial charge on any atom is -0.455 e. The van der Waals surface area contributed by atoms with Crippen LogP contribution in [0.5, 0.6) is 0 Å². The zero-order chi connectivity index (χ0) is 32.5. The number of hydrogen-bond acceptors (Lipinski definition) is 3. The molecule has 0 aliphatic rings. The molecule has 0 atom stereocenters. The van der Waals surface area contributed by atoms with Gasteiger partial charge in [-0.1, -0.05) is 133 Å². The zero-order valence-electron chi connectivity index (χ0n) is 26.4. The van der Waals surface area contributed by atoms with E-state index in [4.69, 9.17) is 9.41 Å². The Labute approximate surface area is 277 Å². The van der Waals surface area contributed by atoms with Gasteiger partial charge in [0.15, 0.2) is 5.84 Å². The third kappa shape index (κ3) is 4.93. The highest BCUT2D eigenvalue weighted by molar-refractivity contribution is 6.36. The van der Waals surface area contributed by atoms with E-state index in [-0.39, 0.29) is 0 Å². The molecule has 0 fully saturated rings. The molecule has 0 bridgehead atoms. The van der Waals surface area contributed by atoms with Crippen molar-refractivity contribution in [3.63, 3.8) is 0 Å². The molecule has 0 saturated heterocycles. The number of para-hydroxylation sites is 1. The molecule has 9 aromatic rings. The lowest BCUT2D eigenvalue weighted by molar-refractivity contribution is 0.676. The van der Waals surface area contributed by atoms with Crippen LogP contribution in [-0.4, -0.2) is 23.8 Å². The van der Waals surface area contributed by atoms with E-state index in [2.05, 4.69) is 113 Å². The number of amidine groups is 1. The summed E-state index contributed by atoms with van der Waals surface area (Å²) in [5.41, 5.74) is 6.29. The summed E-state index contributed by atoms with van der Waals surface area (Å²) in [4.78, 5) is 13.0. The normalized spacial score (nSPS) is 11.8. The summed E-state index contributed by atoms with van der Waals surface area (Å²) in [5, 5.41) is 9.18. The maximum Gasteiger partial charge on any atom is 0.155 e. The van der Waals surface area contributed by atoms with E-state index in [1.165, 1.54) is 21.7 Å². The van der Waals surface area contributed by atoms with Crippen molar-refractivity contribution in [2.45, 2.75) is 13.2 Å². The van der Waals surface area contributed by atoms with Crippen LogP contribution in [0.25, 0.3) is 65.3 Å². The molecule has 230 valence electrons. The predicted molar refractivity (Wildman–Crippen MR) is 204 cm³/mol. The Bertz CT molecular complexity index is 2650. The van der Waals surface area contributed by atoms with Crippen LogP contribution in [0.15, 0.2) is 165 Å². The van der Waals surface area contributed by atoms with E-state index in [1.807, 2.05) is 60.7 Å². The van der Waals surface area contributed by atoms with E-state index >= 15 is 0 Å². The van der Waals surface area contributed by atoms with Crippen LogP contribution in [0.4, 0.5) is 0 Å². The molecule has 0 spiro atoms. The quantitative estimate of drug-likeness (QED) is 0.139. The summed E-state index contributed by atoms with van der Waals surface area (Å²) >= 11 is 0. The van der Waals surface area contributed by atoms with Crippen molar-refractivity contribution >= 4 is 84.6 Å². The van der Waals surface area contributed by atoms with Gasteiger partial charge in [-0.05, 0) is 36.5 Å². The van der Waals surface area contributed by atoms with Crippen molar-refractivity contribution in [1.82, 2.24) is 4.57 Å². The van der Waals surface area contributed by atoms with E-state index in [0.717, 1.165) is 61.2 Å². The maximum absolute atomic E-state index is 6.76. The van der Waals surface area contributed by atoms with Gasteiger partial charge in [-0.3, -0.25) is 4.99 Å². The van der Waals surface area contributed by atoms with Crippen molar-refractivity contribution < 1.29 is 4.42 Å². The van der Waals surface area contributed by atoms with E-state index in [1.54, 1.807) is 0 Å². The number of aromatic nitrogens is 1. The second-order valence-electron chi connectivity index (χ2n) is 11.7. The van der Waals surface area contributed by atoms with Gasteiger partial charge < -0.3 is 8.98 Å². The molecule has 0 aliphatic carbocycles. The fourth-order valence-corrected chi connectivity index (χ4v) is 6.80. The Hall–Kier alpha value is -6.33. The summed E-state index contributed by atoms with van der Waals surface area (Å²) in [7, 11) is 0. The average Bonchev–Trinajstić information content (AvgIpc) is 3.70. The minimum atomic E-state index is 0.418. The molecule has 9 rings (SSSR count). The van der Waals surface area contributed by atoms with Gasteiger partial charge in [0.25, 0.3) is 0 Å². The molecule has 0 radical (unpaired) electrons. The molecule has 7 aromatic carbocycles. The first-order valence-corrected chi connectivity index (χ1v) is 16.0. The summed E-state index contributed by atoms with van der Waals surface area (Å²) in [6, 6.07) is 50.0. The van der Waals surface area contributed by atoms with Gasteiger partial charge in [0.2, 0.25) is 0 Å². The van der Waals surface area contributed by atoms with Gasteiger partial charge in [-0.2, -0.15) is 0 Å². The van der Waals surface area contributed by atoms with Crippen molar-refractivity contribution in [3.8, 4) is 0 Å². The van der Waals surface area contributed by atoms with E-state index in [9.17, 15) is 0 Å². The van der Waals surface area contributed by atoms with Crippen molar-refractivity contribution in [2.75, 3.05) is 0 Å². The Kier molecular flexibility index (Phi) is 7.55. The van der Waals surface area contributed by atoms with Gasteiger partial charge in [0.1, 0.15) is 17.8 Å². The second kappa shape index (κ2) is 12.5. The average molecular weight is 621 g/mol. The Morgan fingerprint density at radius 2 is 1.21 bits per heavy atom. The first-order chi connectivity index (χ1) is 23.8. The minimum absolute atomic E-state index is 0.418. The monoisotopic (exact) mass is 620 g/mol. The van der Waals surface area contributed by atoms with E-state index in [0.29, 0.717) is 12.5 Å². The molecule has 5 nitrogen and oxygen atoms in total. The molecule has 0 unspecified atom stereocenters. The highest BCUT2D eigenvalue weighted by Gasteiger charge is 2.22. The van der Waals surface area contributed by atoms with Crippen LogP contribution in [0.1, 0.15) is 11.1 Å². The van der Waals surface area contributed by atoms with Crippen LogP contribution in [0.3, 0.4) is 0 Å². The predicted octanol–water partition coefficient (Wildman–Crippen LogP) is 11.0. The number of furan rings is 1. The molecule has 2 aromatic heterocycles. The maximum atomic E-state index is 6.76. The van der Waals surface area contributed by atoms with Crippen molar-refractivity contribution in [3.05, 3.63) is 157 Å². The molecule has 2 heterocycles. The number of aliphatic imine (C=N–C) groups is 3. The molecular weight excluding hydrogens is 589 g/mol. The summed E-state index contributed by atoms with van der Waals surface area (Å²) in [5.74, 6) is 0.632. The van der Waals surface area contributed by atoms with Crippen LogP contribution in [-0.2, 0) is 13.2 Å². The number of rotatable bonds is 5. The van der Waals surface area contributed by atoms with Gasteiger partial charge in [0, 0.05) is 43.3 Å². The first kappa shape index (κ1) is 29.1. The van der Waals surface area contributed by atoms with Gasteiger partial charge in [-0.15, -0.1) is 0 Å². The third-order valence-electron chi connectivity index (χ3n) is 8.91. The van der Waals surface area contributed by atoms with Crippen molar-refractivity contribution in [1.29, 1.82) is 0 Å². The number of hydrogen-bond donors (Lipinski definition) is 0. The highest BCUT2D eigenvalue weighted by atomic mass is 16.3. The lowest BCUT2D eigenvalue weighted by atomic mass is 9.98. The molecule has 0 aliphatic heterocycles. The van der Waals surface area contributed by atoms with Crippen LogP contribution < -0.4 is 0 Å². The first-order valence-electron chi connectivity index (χ1n) is 16.0. The lowest BCUT2D eigenvalue weighted by Gasteiger charge is -2.09. The molecule has 5 heteroatoms. The highest BCUT2D eigenvalue weighted by Crippen LogP contribution is 2.46. The Morgan fingerprint density at radius 1 is 0.562 bits per heavy atom. The summed E-state index contributed by atoms with van der Waals surface area (Å²) < 4.78 is 9.06. The fraction of sp³-hybridized carbons (Fsp3) is 0.0465. The van der Waals surface area contributed by atoms with Gasteiger partial charge in [0.05, 0.1) is 17.6 Å². The Balaban J connectivity index is 0.000000326. The summed E-state index contributed by atoms with van der Waals surface area (Å²) in [6.07, 6.45) is 0. The molecule has 0 N–H and O–H groups in total. The van der Waals surface area contributed by atoms with Gasteiger partial charge >= 0.3 is 0 Å². The summed E-state index contributed by atoms with van der Waals surface area (Å²) in [6.45, 7) is 8.35. The number of nitrogens with zero attached hydrogens (tertiary/aromatic N) is 4. The van der Waals surface area contributed by atoms with Crippen LogP contribution in [0, 0.1) is 0 Å². The SMILES string of the molecule is C=N/C(=N\Cn1c2ccccc2c2c3c4ccc5ccccc5c4oc3c3ccccc3c21)c1ccccc1.C=NCc1ccccc1. The second-order valence-corrected chi connectivity index (χ2v) is 11.7. The third-order valence-corrected chi connectivity index (χ3v) is 8.91. The van der Waals surface area contributed by atoms with Crippen LogP contribution in [0.2, 0.25) is 0 Å². The Morgan fingerprint density at radius 3 is 1.96 bits per heavy atom. The largest absolute Gasteiger partial charge is 0.455 e. The molecule has 0 saturated carbocycles. The zero-order valence-corrected chi connectivity index (χ0v) is 26.4. The topological polar surface area (TPSA) is 55.1 Å². The van der Waals surface area contributed by atoms with Gasteiger partial charge in [-0.25, -0.2) is 9.98 Å². The molecule has 48 heavy (non-hydrogen) atoms. The van der Waals surface area contributed by atoms with Crippen LogP contribution >= 0.6 is 0 Å². The molecule has 0 amide bonds. The van der Waals surface area contributed by atoms with E-state index < -0.39 is 0 Å². The standard InChI is InChI=1S/C35H23N3O.C8H9N/c1-36-35(23-12-3-2-4-13-23)37-21-38-29-18-10-9-17-27(29)30-31-28-20-19-22-11-5-6-14-24(22)33(28)39-34(31)26-16-8-7-15-25(26)32(30)38;1-9-7-8-5-3-2-4-6-8/h2-20H,1,21H2;2-6H,1,7H2/b37-35-;. The number of fused-ring (bicyclic) bond motifs is 12. The smallest absolute Gasteiger partial charge is 0.155 e. The lowest BCUT2D eigenvalue weighted by Crippen LogP contribution is -2.02.